The summed E-state index contributed by atoms with van der Waals surface area (Å²) < 4.78 is 0. The average Bonchev–Trinajstić information content (AvgIpc) is 2.37. The van der Waals surface area contributed by atoms with Gasteiger partial charge in [-0.3, -0.25) is 10.1 Å². The monoisotopic (exact) mass is 282 g/mol. The molecule has 114 valence electrons. The molecule has 0 aliphatic heterocycles. The summed E-state index contributed by atoms with van der Waals surface area (Å²) in [5.41, 5.74) is 0. The first-order chi connectivity index (χ1) is 9.51. The molecule has 0 aromatic heterocycles. The van der Waals surface area contributed by atoms with E-state index in [2.05, 4.69) is 17.2 Å². The van der Waals surface area contributed by atoms with Crippen LogP contribution < -0.4 is 5.32 Å². The summed E-state index contributed by atoms with van der Waals surface area (Å²) in [6.07, 6.45) is 7.67. The Hall–Kier alpha value is -1.77. The minimum atomic E-state index is -0.735. The Balaban J connectivity index is 4.30. The van der Waals surface area contributed by atoms with Gasteiger partial charge in [-0.15, -0.1) is 0 Å². The number of hydrogen-bond donors (Lipinski definition) is 2. The van der Waals surface area contributed by atoms with Crippen molar-refractivity contribution in [1.29, 1.82) is 5.26 Å². The summed E-state index contributed by atoms with van der Waals surface area (Å²) in [5, 5.41) is 19.9. The third kappa shape index (κ3) is 9.20. The van der Waals surface area contributed by atoms with Crippen LogP contribution in [0.3, 0.4) is 0 Å². The van der Waals surface area contributed by atoms with Crippen LogP contribution in [0.4, 0.5) is 0 Å². The van der Waals surface area contributed by atoms with E-state index in [-0.39, 0.29) is 12.5 Å². The summed E-state index contributed by atoms with van der Waals surface area (Å²) in [5.74, 6) is -0.155. The Bertz CT molecular complexity index is 348. The second kappa shape index (κ2) is 11.1. The lowest BCUT2D eigenvalue weighted by molar-refractivity contribution is -0.137. The number of aliphatic carboxylic acids is 1. The quantitative estimate of drug-likeness (QED) is 0.222. The molecule has 20 heavy (non-hydrogen) atoms. The van der Waals surface area contributed by atoms with Crippen LogP contribution in [0.1, 0.15) is 51.9 Å². The van der Waals surface area contributed by atoms with Crippen LogP contribution in [0, 0.1) is 11.5 Å². The van der Waals surface area contributed by atoms with Gasteiger partial charge in [-0.05, 0) is 19.3 Å². The number of hydrogen-bond acceptors (Lipinski definition) is 3. The van der Waals surface area contributed by atoms with E-state index in [9.17, 15) is 4.79 Å². The second-order valence-corrected chi connectivity index (χ2v) is 5.02. The van der Waals surface area contributed by atoms with E-state index in [0.717, 1.165) is 38.5 Å². The molecule has 0 aliphatic rings. The van der Waals surface area contributed by atoms with E-state index >= 15 is 0 Å². The molecule has 0 fully saturated rings. The molecule has 0 aromatic carbocycles. The van der Waals surface area contributed by atoms with Gasteiger partial charge < -0.3 is 10.0 Å². The van der Waals surface area contributed by atoms with Crippen molar-refractivity contribution in [2.45, 2.75) is 57.9 Å². The lowest BCUT2D eigenvalue weighted by atomic mass is 10.0. The first-order valence-electron chi connectivity index (χ1n) is 7.13. The zero-order chi connectivity index (χ0) is 15.4. The Morgan fingerprint density at radius 2 is 2.05 bits per heavy atom. The van der Waals surface area contributed by atoms with Crippen LogP contribution in [0.25, 0.3) is 0 Å². The van der Waals surface area contributed by atoms with Crippen molar-refractivity contribution in [2.24, 2.45) is 4.99 Å². The van der Waals surface area contributed by atoms with Crippen molar-refractivity contribution in [2.75, 3.05) is 14.1 Å². The van der Waals surface area contributed by atoms with E-state index in [1.807, 2.05) is 20.3 Å². The molecule has 6 heteroatoms. The van der Waals surface area contributed by atoms with Gasteiger partial charge in [-0.1, -0.05) is 26.2 Å². The minimum Gasteiger partial charge on any atom is -0.481 e. The molecule has 0 spiro atoms. The number of carboxylic acids is 1. The highest BCUT2D eigenvalue weighted by atomic mass is 16.4. The normalized spacial score (nSPS) is 12.6. The van der Waals surface area contributed by atoms with Gasteiger partial charge in [0.2, 0.25) is 5.96 Å². The highest BCUT2D eigenvalue weighted by Gasteiger charge is 2.09. The van der Waals surface area contributed by atoms with Crippen molar-refractivity contribution in [3.05, 3.63) is 0 Å². The van der Waals surface area contributed by atoms with Gasteiger partial charge in [0, 0.05) is 20.5 Å². The number of unbranched alkanes of at least 4 members (excludes halogenated alkanes) is 2. The van der Waals surface area contributed by atoms with Crippen LogP contribution in [0.15, 0.2) is 4.99 Å². The SMILES string of the molecule is CCCC(CCCCCC(=O)O)N=C(NC#N)N(C)C. The van der Waals surface area contributed by atoms with E-state index in [4.69, 9.17) is 10.4 Å². The lowest BCUT2D eigenvalue weighted by Gasteiger charge is -2.18. The molecule has 0 saturated carbocycles. The predicted molar refractivity (Wildman–Crippen MR) is 79.3 cm³/mol. The van der Waals surface area contributed by atoms with Crippen LogP contribution in [-0.2, 0) is 4.79 Å². The molecule has 1 unspecified atom stereocenters. The third-order valence-electron chi connectivity index (χ3n) is 2.95. The van der Waals surface area contributed by atoms with Crippen LogP contribution in [0.2, 0.25) is 0 Å². The number of nitrogens with zero attached hydrogens (tertiary/aromatic N) is 3. The van der Waals surface area contributed by atoms with E-state index < -0.39 is 5.97 Å². The Morgan fingerprint density at radius 3 is 2.55 bits per heavy atom. The molecular weight excluding hydrogens is 256 g/mol. The summed E-state index contributed by atoms with van der Waals surface area (Å²) >= 11 is 0. The van der Waals surface area contributed by atoms with Gasteiger partial charge in [0.05, 0.1) is 6.04 Å². The molecule has 0 bridgehead atoms. The maximum Gasteiger partial charge on any atom is 0.303 e. The maximum absolute atomic E-state index is 10.4. The third-order valence-corrected chi connectivity index (χ3v) is 2.95. The molecule has 0 rings (SSSR count). The van der Waals surface area contributed by atoms with Gasteiger partial charge in [0.25, 0.3) is 0 Å². The fraction of sp³-hybridized carbons (Fsp3) is 0.786. The maximum atomic E-state index is 10.4. The summed E-state index contributed by atoms with van der Waals surface area (Å²) in [4.78, 5) is 16.8. The minimum absolute atomic E-state index is 0.183. The topological polar surface area (TPSA) is 88.7 Å². The van der Waals surface area contributed by atoms with Crippen molar-refractivity contribution in [3.8, 4) is 6.19 Å². The Morgan fingerprint density at radius 1 is 1.35 bits per heavy atom. The molecular formula is C14H26N4O2. The van der Waals surface area contributed by atoms with Crippen LogP contribution >= 0.6 is 0 Å². The van der Waals surface area contributed by atoms with Crippen LogP contribution in [0.5, 0.6) is 0 Å². The smallest absolute Gasteiger partial charge is 0.303 e. The number of rotatable bonds is 9. The van der Waals surface area contributed by atoms with Gasteiger partial charge in [-0.25, -0.2) is 4.99 Å². The van der Waals surface area contributed by atoms with Gasteiger partial charge in [0.15, 0.2) is 6.19 Å². The first kappa shape index (κ1) is 18.2. The zero-order valence-electron chi connectivity index (χ0n) is 12.7. The Kier molecular flexibility index (Phi) is 10.1. The predicted octanol–water partition coefficient (Wildman–Crippen LogP) is 2.18. The number of nitrogens with one attached hydrogen (secondary N) is 1. The van der Waals surface area contributed by atoms with Crippen molar-refractivity contribution < 1.29 is 9.90 Å². The largest absolute Gasteiger partial charge is 0.481 e. The fourth-order valence-electron chi connectivity index (χ4n) is 1.92. The Labute approximate surface area is 121 Å². The molecule has 1 atom stereocenters. The van der Waals surface area contributed by atoms with Crippen molar-refractivity contribution in [1.82, 2.24) is 10.2 Å². The first-order valence-corrected chi connectivity index (χ1v) is 7.13. The standard InChI is InChI=1S/C14H26N4O2/c1-4-8-12(9-6-5-7-10-13(19)20)17-14(16-11-15)18(2)3/h12H,4-10H2,1-3H3,(H,16,17)(H,19,20). The van der Waals surface area contributed by atoms with Gasteiger partial charge >= 0.3 is 5.97 Å². The number of guanidine groups is 1. The number of aliphatic imine (C=N–C) groups is 1. The molecule has 0 aromatic rings. The molecule has 6 nitrogen and oxygen atoms in total. The number of nitriles is 1. The highest BCUT2D eigenvalue weighted by molar-refractivity contribution is 5.80. The van der Waals surface area contributed by atoms with E-state index in [1.165, 1.54) is 0 Å². The molecule has 0 heterocycles. The summed E-state index contributed by atoms with van der Waals surface area (Å²) in [7, 11) is 3.69. The summed E-state index contributed by atoms with van der Waals surface area (Å²) in [6, 6.07) is 0.183. The second-order valence-electron chi connectivity index (χ2n) is 5.02. The molecule has 0 radical (unpaired) electrons. The van der Waals surface area contributed by atoms with Crippen LogP contribution in [-0.4, -0.2) is 42.1 Å². The van der Waals surface area contributed by atoms with E-state index in [0.29, 0.717) is 5.96 Å². The molecule has 0 saturated heterocycles. The van der Waals surface area contributed by atoms with Crippen molar-refractivity contribution >= 4 is 11.9 Å². The van der Waals surface area contributed by atoms with Gasteiger partial charge in [0.1, 0.15) is 0 Å². The molecule has 0 aliphatic carbocycles. The molecule has 2 N–H and O–H groups in total. The fourth-order valence-corrected chi connectivity index (χ4v) is 1.92. The number of carboxylic acid groups (broad SMARTS) is 1. The highest BCUT2D eigenvalue weighted by Crippen LogP contribution is 2.13. The molecule has 0 amide bonds. The summed E-state index contributed by atoms with van der Waals surface area (Å²) in [6.45, 7) is 2.11. The van der Waals surface area contributed by atoms with Crippen molar-refractivity contribution in [3.63, 3.8) is 0 Å². The van der Waals surface area contributed by atoms with Gasteiger partial charge in [-0.2, -0.15) is 5.26 Å². The zero-order valence-corrected chi connectivity index (χ0v) is 12.7. The lowest BCUT2D eigenvalue weighted by Crippen LogP contribution is -2.34. The van der Waals surface area contributed by atoms with E-state index in [1.54, 1.807) is 4.90 Å². The average molecular weight is 282 g/mol. The number of carbonyl (C=O) groups is 1.